The maximum absolute atomic E-state index is 2.34. The predicted molar refractivity (Wildman–Crippen MR) is 48.4 cm³/mol. The van der Waals surface area contributed by atoms with Gasteiger partial charge in [0.25, 0.3) is 0 Å². The lowest BCUT2D eigenvalue weighted by Gasteiger charge is -1.95. The smallest absolute Gasteiger partial charge is 0.0380 e. The first kappa shape index (κ1) is 7.64. The Morgan fingerprint density at radius 3 is 1.55 bits per heavy atom. The molecule has 4 unspecified atom stereocenters. The SMILES string of the molecule is CCC1CC1CC1CC1CC. The van der Waals surface area contributed by atoms with Crippen LogP contribution in [-0.4, -0.2) is 0 Å². The lowest BCUT2D eigenvalue weighted by molar-refractivity contribution is 0.549. The minimum atomic E-state index is 1.13. The van der Waals surface area contributed by atoms with E-state index in [0.717, 1.165) is 23.7 Å². The van der Waals surface area contributed by atoms with Crippen molar-refractivity contribution in [3.05, 3.63) is 0 Å². The Morgan fingerprint density at radius 2 is 1.27 bits per heavy atom. The number of hydrogen-bond acceptors (Lipinski definition) is 0. The highest BCUT2D eigenvalue weighted by Gasteiger charge is 2.43. The molecule has 2 rings (SSSR count). The summed E-state index contributed by atoms with van der Waals surface area (Å²) >= 11 is 0. The van der Waals surface area contributed by atoms with Gasteiger partial charge >= 0.3 is 0 Å². The van der Waals surface area contributed by atoms with Crippen LogP contribution in [0, 0.1) is 23.7 Å². The standard InChI is InChI=1S/C11H20/c1-3-8-5-10(8)7-11-6-9(11)4-2/h8-11H,3-7H2,1-2H3. The molecule has 0 aromatic rings. The molecule has 0 radical (unpaired) electrons. The van der Waals surface area contributed by atoms with Crippen molar-refractivity contribution in [2.45, 2.75) is 46.0 Å². The molecule has 0 spiro atoms. The molecule has 2 saturated carbocycles. The maximum atomic E-state index is 2.34. The van der Waals surface area contributed by atoms with Gasteiger partial charge in [-0.15, -0.1) is 0 Å². The van der Waals surface area contributed by atoms with Gasteiger partial charge in [-0.2, -0.15) is 0 Å². The fourth-order valence-electron chi connectivity index (χ4n) is 2.59. The van der Waals surface area contributed by atoms with E-state index in [9.17, 15) is 0 Å². The Hall–Kier alpha value is 0. The minimum absolute atomic E-state index is 1.13. The molecule has 0 heterocycles. The Labute approximate surface area is 70.4 Å². The highest BCUT2D eigenvalue weighted by atomic mass is 14.5. The molecule has 0 aliphatic heterocycles. The summed E-state index contributed by atoms with van der Waals surface area (Å²) in [6, 6.07) is 0. The van der Waals surface area contributed by atoms with Gasteiger partial charge in [0.1, 0.15) is 0 Å². The number of hydrogen-bond donors (Lipinski definition) is 0. The molecule has 11 heavy (non-hydrogen) atoms. The molecular formula is C11H20. The van der Waals surface area contributed by atoms with E-state index in [1.807, 2.05) is 0 Å². The monoisotopic (exact) mass is 152 g/mol. The van der Waals surface area contributed by atoms with Crippen LogP contribution in [-0.2, 0) is 0 Å². The van der Waals surface area contributed by atoms with E-state index in [-0.39, 0.29) is 0 Å². The van der Waals surface area contributed by atoms with Crippen LogP contribution in [0.15, 0.2) is 0 Å². The topological polar surface area (TPSA) is 0 Å². The van der Waals surface area contributed by atoms with Crippen LogP contribution < -0.4 is 0 Å². The lowest BCUT2D eigenvalue weighted by Crippen LogP contribution is -1.86. The summed E-state index contributed by atoms with van der Waals surface area (Å²) in [5, 5.41) is 0. The average Bonchev–Trinajstić information content (AvgIpc) is 2.87. The largest absolute Gasteiger partial charge is 0.0651 e. The predicted octanol–water partition coefficient (Wildman–Crippen LogP) is 3.47. The van der Waals surface area contributed by atoms with Gasteiger partial charge in [0, 0.05) is 0 Å². The highest BCUT2D eigenvalue weighted by Crippen LogP contribution is 2.53. The number of rotatable bonds is 4. The van der Waals surface area contributed by atoms with Gasteiger partial charge in [0.05, 0.1) is 0 Å². The molecule has 2 aliphatic rings. The molecule has 2 aliphatic carbocycles. The molecule has 2 fully saturated rings. The summed E-state index contributed by atoms with van der Waals surface area (Å²) in [7, 11) is 0. The van der Waals surface area contributed by atoms with Crippen LogP contribution >= 0.6 is 0 Å². The van der Waals surface area contributed by atoms with E-state index in [1.54, 1.807) is 19.3 Å². The fourth-order valence-corrected chi connectivity index (χ4v) is 2.59. The van der Waals surface area contributed by atoms with Crippen molar-refractivity contribution in [1.82, 2.24) is 0 Å². The van der Waals surface area contributed by atoms with Crippen LogP contribution in [0.2, 0.25) is 0 Å². The molecule has 4 atom stereocenters. The lowest BCUT2D eigenvalue weighted by atomic mass is 10.1. The molecule has 0 bridgehead atoms. The van der Waals surface area contributed by atoms with Crippen LogP contribution in [0.5, 0.6) is 0 Å². The first-order valence-corrected chi connectivity index (χ1v) is 5.35. The first-order chi connectivity index (χ1) is 5.35. The van der Waals surface area contributed by atoms with E-state index >= 15 is 0 Å². The summed E-state index contributed by atoms with van der Waals surface area (Å²) in [4.78, 5) is 0. The first-order valence-electron chi connectivity index (χ1n) is 5.35. The molecule has 0 aromatic heterocycles. The van der Waals surface area contributed by atoms with Crippen molar-refractivity contribution in [2.24, 2.45) is 23.7 Å². The van der Waals surface area contributed by atoms with Gasteiger partial charge in [-0.1, -0.05) is 26.7 Å². The van der Waals surface area contributed by atoms with Crippen molar-refractivity contribution < 1.29 is 0 Å². The van der Waals surface area contributed by atoms with E-state index < -0.39 is 0 Å². The van der Waals surface area contributed by atoms with Gasteiger partial charge in [-0.25, -0.2) is 0 Å². The van der Waals surface area contributed by atoms with Crippen LogP contribution in [0.25, 0.3) is 0 Å². The maximum Gasteiger partial charge on any atom is -0.0380 e. The third-order valence-electron chi connectivity index (χ3n) is 3.79. The van der Waals surface area contributed by atoms with Crippen molar-refractivity contribution >= 4 is 0 Å². The fraction of sp³-hybridized carbons (Fsp3) is 1.00. The Balaban J connectivity index is 1.62. The molecule has 0 N–H and O–H groups in total. The molecular weight excluding hydrogens is 132 g/mol. The van der Waals surface area contributed by atoms with Crippen molar-refractivity contribution in [3.8, 4) is 0 Å². The van der Waals surface area contributed by atoms with E-state index in [2.05, 4.69) is 13.8 Å². The van der Waals surface area contributed by atoms with Gasteiger partial charge in [0.15, 0.2) is 0 Å². The average molecular weight is 152 g/mol. The Bertz CT molecular complexity index is 123. The Kier molecular flexibility index (Phi) is 1.95. The normalized spacial score (nSPS) is 47.5. The van der Waals surface area contributed by atoms with Gasteiger partial charge < -0.3 is 0 Å². The molecule has 64 valence electrons. The zero-order valence-corrected chi connectivity index (χ0v) is 7.84. The van der Waals surface area contributed by atoms with Crippen molar-refractivity contribution in [1.29, 1.82) is 0 Å². The van der Waals surface area contributed by atoms with Crippen LogP contribution in [0.3, 0.4) is 0 Å². The third-order valence-corrected chi connectivity index (χ3v) is 3.79. The summed E-state index contributed by atoms with van der Waals surface area (Å²) in [5.74, 6) is 4.57. The summed E-state index contributed by atoms with van der Waals surface area (Å²) in [5.41, 5.74) is 0. The van der Waals surface area contributed by atoms with Gasteiger partial charge in [-0.3, -0.25) is 0 Å². The molecule has 0 heteroatoms. The second-order valence-electron chi connectivity index (χ2n) is 4.56. The molecule has 0 amide bonds. The van der Waals surface area contributed by atoms with Gasteiger partial charge in [-0.05, 0) is 42.9 Å². The van der Waals surface area contributed by atoms with E-state index in [4.69, 9.17) is 0 Å². The van der Waals surface area contributed by atoms with Crippen LogP contribution in [0.4, 0.5) is 0 Å². The molecule has 0 aromatic carbocycles. The van der Waals surface area contributed by atoms with Crippen molar-refractivity contribution in [2.75, 3.05) is 0 Å². The van der Waals surface area contributed by atoms with Crippen molar-refractivity contribution in [3.63, 3.8) is 0 Å². The second-order valence-corrected chi connectivity index (χ2v) is 4.56. The summed E-state index contributed by atoms with van der Waals surface area (Å²) < 4.78 is 0. The zero-order chi connectivity index (χ0) is 7.84. The highest BCUT2D eigenvalue weighted by molar-refractivity contribution is 4.93. The zero-order valence-electron chi connectivity index (χ0n) is 7.84. The third kappa shape index (κ3) is 1.60. The minimum Gasteiger partial charge on any atom is -0.0651 e. The van der Waals surface area contributed by atoms with Crippen LogP contribution in [0.1, 0.15) is 46.0 Å². The summed E-state index contributed by atoms with van der Waals surface area (Å²) in [6.07, 6.45) is 7.58. The van der Waals surface area contributed by atoms with Gasteiger partial charge in [0.2, 0.25) is 0 Å². The quantitative estimate of drug-likeness (QED) is 0.578. The van der Waals surface area contributed by atoms with E-state index in [0.29, 0.717) is 0 Å². The Morgan fingerprint density at radius 1 is 0.818 bits per heavy atom. The van der Waals surface area contributed by atoms with E-state index in [1.165, 1.54) is 12.8 Å². The second kappa shape index (κ2) is 2.80. The molecule has 0 saturated heterocycles. The molecule has 0 nitrogen and oxygen atoms in total. The summed E-state index contributed by atoms with van der Waals surface area (Å²) in [6.45, 7) is 4.68.